The first kappa shape index (κ1) is 45.3. The van der Waals surface area contributed by atoms with Crippen molar-refractivity contribution in [2.75, 3.05) is 28.6 Å². The van der Waals surface area contributed by atoms with Crippen LogP contribution in [0.25, 0.3) is 21.5 Å². The number of benzene rings is 4. The Morgan fingerprint density at radius 1 is 0.714 bits per heavy atom. The van der Waals surface area contributed by atoms with Crippen molar-refractivity contribution in [3.63, 3.8) is 0 Å². The highest BCUT2D eigenvalue weighted by molar-refractivity contribution is 8.03. The van der Waals surface area contributed by atoms with Crippen LogP contribution in [0.4, 0.5) is 11.4 Å². The molecule has 4 aromatic rings. The first-order valence-electron chi connectivity index (χ1n) is 24.5. The fraction of sp³-hybridized carbons (Fsp3) is 0.536. The molecular weight excluding hydrogens is 797 g/mol. The van der Waals surface area contributed by atoms with Crippen LogP contribution in [0.15, 0.2) is 95.0 Å². The van der Waals surface area contributed by atoms with Crippen molar-refractivity contribution >= 4 is 56.6 Å². The molecule has 4 unspecified atom stereocenters. The minimum absolute atomic E-state index is 0.146. The van der Waals surface area contributed by atoms with Crippen LogP contribution in [0.3, 0.4) is 0 Å². The smallest absolute Gasteiger partial charge is 0.303 e. The first-order valence-corrected chi connectivity index (χ1v) is 25.5. The van der Waals surface area contributed by atoms with E-state index in [0.29, 0.717) is 30.6 Å². The predicted octanol–water partition coefficient (Wildman–Crippen LogP) is 14.4. The van der Waals surface area contributed by atoms with Gasteiger partial charge in [0.05, 0.1) is 6.04 Å². The topological polar surface area (TPSA) is 81.1 Å². The van der Waals surface area contributed by atoms with E-state index in [-0.39, 0.29) is 29.7 Å². The van der Waals surface area contributed by atoms with Crippen LogP contribution < -0.4 is 9.80 Å². The average molecular weight is 869 g/mol. The van der Waals surface area contributed by atoms with Gasteiger partial charge in [0.25, 0.3) is 0 Å². The summed E-state index contributed by atoms with van der Waals surface area (Å²) in [6, 6.07) is 27.5. The summed E-state index contributed by atoms with van der Waals surface area (Å²) in [4.78, 5) is 30.1. The Labute approximate surface area is 381 Å². The van der Waals surface area contributed by atoms with Crippen LogP contribution in [0.2, 0.25) is 0 Å². The van der Waals surface area contributed by atoms with Crippen LogP contribution in [-0.2, 0) is 20.4 Å². The van der Waals surface area contributed by atoms with Crippen molar-refractivity contribution in [3.8, 4) is 0 Å². The molecule has 2 aliphatic carbocycles. The summed E-state index contributed by atoms with van der Waals surface area (Å²) >= 11 is 2.20. The van der Waals surface area contributed by atoms with Crippen molar-refractivity contribution in [2.24, 2.45) is 17.8 Å². The van der Waals surface area contributed by atoms with Gasteiger partial charge >= 0.3 is 11.9 Å². The van der Waals surface area contributed by atoms with Gasteiger partial charge in [-0.05, 0) is 124 Å². The van der Waals surface area contributed by atoms with Gasteiger partial charge in [0, 0.05) is 59.8 Å². The highest BCUT2D eigenvalue weighted by Gasteiger charge is 2.53. The zero-order valence-electron chi connectivity index (χ0n) is 38.8. The van der Waals surface area contributed by atoms with Crippen molar-refractivity contribution < 1.29 is 19.8 Å². The molecule has 2 aliphatic heterocycles. The second kappa shape index (κ2) is 19.5. The van der Waals surface area contributed by atoms with Crippen LogP contribution in [-0.4, -0.2) is 47.0 Å². The SMILES string of the molecule is CCCCCCSC1=C(C2N(CCCCCC(=O)O)c3ccc4ccccc4c3C2(C)C)C2CCCC(C2)C1C=C1N(CCCCCC(=O)O)c2ccc3ccccc3c2C1(C)C. The average Bonchev–Trinajstić information content (AvgIpc) is 3.62. The Morgan fingerprint density at radius 3 is 2.00 bits per heavy atom. The summed E-state index contributed by atoms with van der Waals surface area (Å²) in [7, 11) is 0. The maximum atomic E-state index is 11.5. The summed E-state index contributed by atoms with van der Waals surface area (Å²) < 4.78 is 0. The zero-order chi connectivity index (χ0) is 44.3. The van der Waals surface area contributed by atoms with Gasteiger partial charge in [-0.2, -0.15) is 0 Å². The Kier molecular flexibility index (Phi) is 14.0. The number of anilines is 2. The van der Waals surface area contributed by atoms with Crippen LogP contribution in [0.5, 0.6) is 0 Å². The lowest BCUT2D eigenvalue weighted by molar-refractivity contribution is -0.138. The number of thioether (sulfide) groups is 1. The number of carboxylic acids is 2. The monoisotopic (exact) mass is 869 g/mol. The van der Waals surface area contributed by atoms with E-state index < -0.39 is 11.9 Å². The molecule has 4 aromatic carbocycles. The normalized spacial score (nSPS) is 22.9. The molecule has 1 fully saturated rings. The molecule has 6 nitrogen and oxygen atoms in total. The number of rotatable bonds is 20. The molecule has 0 saturated heterocycles. The lowest BCUT2D eigenvalue weighted by atomic mass is 9.62. The lowest BCUT2D eigenvalue weighted by Crippen LogP contribution is -2.48. The van der Waals surface area contributed by atoms with Crippen molar-refractivity contribution in [1.29, 1.82) is 0 Å². The molecule has 0 aromatic heterocycles. The zero-order valence-corrected chi connectivity index (χ0v) is 39.6. The predicted molar refractivity (Wildman–Crippen MR) is 265 cm³/mol. The summed E-state index contributed by atoms with van der Waals surface area (Å²) in [5, 5.41) is 24.2. The number of hydrogen-bond donors (Lipinski definition) is 2. The van der Waals surface area contributed by atoms with Crippen LogP contribution in [0.1, 0.15) is 148 Å². The van der Waals surface area contributed by atoms with Crippen molar-refractivity contribution in [3.05, 3.63) is 106 Å². The Bertz CT molecular complexity index is 2360. The number of allylic oxidation sites excluding steroid dienone is 3. The highest BCUT2D eigenvalue weighted by atomic mass is 32.2. The second-order valence-corrected chi connectivity index (χ2v) is 21.4. The van der Waals surface area contributed by atoms with Gasteiger partial charge in [-0.15, -0.1) is 11.8 Å². The maximum Gasteiger partial charge on any atom is 0.303 e. The molecule has 0 spiro atoms. The van der Waals surface area contributed by atoms with E-state index in [4.69, 9.17) is 0 Å². The summed E-state index contributed by atoms with van der Waals surface area (Å²) in [6.45, 7) is 14.1. The molecule has 336 valence electrons. The third-order valence-electron chi connectivity index (χ3n) is 15.3. The van der Waals surface area contributed by atoms with Gasteiger partial charge in [0.2, 0.25) is 0 Å². The molecule has 1 saturated carbocycles. The van der Waals surface area contributed by atoms with Gasteiger partial charge in [-0.3, -0.25) is 9.59 Å². The number of hydrogen-bond acceptors (Lipinski definition) is 5. The van der Waals surface area contributed by atoms with E-state index in [1.807, 2.05) is 0 Å². The van der Waals surface area contributed by atoms with Crippen LogP contribution in [0, 0.1) is 17.8 Å². The third kappa shape index (κ3) is 9.07. The quantitative estimate of drug-likeness (QED) is 0.0856. The first-order chi connectivity index (χ1) is 30.4. The van der Waals surface area contributed by atoms with E-state index in [9.17, 15) is 19.8 Å². The van der Waals surface area contributed by atoms with Crippen molar-refractivity contribution in [1.82, 2.24) is 0 Å². The molecule has 0 amide bonds. The molecule has 2 heterocycles. The Balaban J connectivity index is 1.28. The van der Waals surface area contributed by atoms with Gasteiger partial charge in [-0.25, -0.2) is 0 Å². The number of carbonyl (C=O) groups is 2. The van der Waals surface area contributed by atoms with Gasteiger partial charge in [-0.1, -0.05) is 140 Å². The van der Waals surface area contributed by atoms with Gasteiger partial charge in [0.1, 0.15) is 0 Å². The summed E-state index contributed by atoms with van der Waals surface area (Å²) in [5.74, 6) is 1.16. The molecular formula is C56H72N2O4S. The van der Waals surface area contributed by atoms with Crippen molar-refractivity contribution in [2.45, 2.75) is 154 Å². The molecule has 2 bridgehead atoms. The fourth-order valence-corrected chi connectivity index (χ4v) is 13.9. The summed E-state index contributed by atoms with van der Waals surface area (Å²) in [6.07, 6.45) is 18.4. The van der Waals surface area contributed by atoms with E-state index >= 15 is 0 Å². The molecule has 7 heteroatoms. The largest absolute Gasteiger partial charge is 0.481 e. The molecule has 4 atom stereocenters. The number of nitrogens with zero attached hydrogens (tertiary/aromatic N) is 2. The number of carboxylic acid groups (broad SMARTS) is 2. The van der Waals surface area contributed by atoms with E-state index in [0.717, 1.165) is 44.5 Å². The molecule has 63 heavy (non-hydrogen) atoms. The highest BCUT2D eigenvalue weighted by Crippen LogP contribution is 2.60. The van der Waals surface area contributed by atoms with Gasteiger partial charge in [0.15, 0.2) is 0 Å². The fourth-order valence-electron chi connectivity index (χ4n) is 12.5. The number of unbranched alkanes of at least 4 members (excludes halogenated alkanes) is 7. The minimum atomic E-state index is -0.710. The van der Waals surface area contributed by atoms with E-state index in [1.54, 1.807) is 10.5 Å². The standard InChI is InChI=1S/C56H72N2O4S/c1-6-7-8-19-35-63-53-44(37-47-55(2,3)51-42-25-15-13-21-38(42)29-31-45(51)57(47)33-17-9-11-27-48(59)60)40-23-20-24-41(36-40)50(53)54-56(4,5)52-43-26-16-14-22-39(43)30-32-46(52)58(54)34-18-10-12-28-49(61)62/h13-16,21-22,25-26,29-32,37,40-41,44,54H,6-12,17-20,23-24,27-28,33-36H2,1-5H3,(H,59,60)(H,61,62). The van der Waals surface area contributed by atoms with Gasteiger partial charge < -0.3 is 20.0 Å². The minimum Gasteiger partial charge on any atom is -0.481 e. The van der Waals surface area contributed by atoms with E-state index in [2.05, 4.69) is 135 Å². The number of aliphatic carboxylic acids is 2. The Hall–Kier alpha value is -4.23. The molecule has 4 aliphatic rings. The molecule has 8 rings (SSSR count). The lowest BCUT2D eigenvalue weighted by Gasteiger charge is -2.49. The Morgan fingerprint density at radius 2 is 1.33 bits per heavy atom. The third-order valence-corrected chi connectivity index (χ3v) is 16.6. The molecule has 2 N–H and O–H groups in total. The summed E-state index contributed by atoms with van der Waals surface area (Å²) in [5.41, 5.74) is 8.31. The second-order valence-electron chi connectivity index (χ2n) is 20.3. The van der Waals surface area contributed by atoms with E-state index in [1.165, 1.54) is 101 Å². The number of fused-ring (bicyclic) bond motifs is 8. The maximum absolute atomic E-state index is 11.5. The molecule has 0 radical (unpaired) electrons. The van der Waals surface area contributed by atoms with Crippen LogP contribution >= 0.6 is 11.8 Å².